The summed E-state index contributed by atoms with van der Waals surface area (Å²) in [6, 6.07) is 8.37. The highest BCUT2D eigenvalue weighted by Gasteiger charge is 2.14. The third kappa shape index (κ3) is 3.86. The van der Waals surface area contributed by atoms with Crippen LogP contribution in [0.4, 0.5) is 5.82 Å². The maximum absolute atomic E-state index is 11.7. The molecule has 0 bridgehead atoms. The lowest BCUT2D eigenvalue weighted by Crippen LogP contribution is -2.08. The standard InChI is InChI=1S/C14H15ClN2O3S/c1-20-12-8-11(15)6-5-10(12)9-17-14-13(21(2,18)19)4-3-7-16-14/h3-8H,9H2,1-2H3,(H,16,17). The number of rotatable bonds is 5. The number of ether oxygens (including phenoxy) is 1. The molecule has 0 saturated heterocycles. The van der Waals surface area contributed by atoms with Gasteiger partial charge in [-0.1, -0.05) is 17.7 Å². The van der Waals surface area contributed by atoms with Gasteiger partial charge in [0.2, 0.25) is 0 Å². The topological polar surface area (TPSA) is 68.3 Å². The number of aromatic nitrogens is 1. The number of pyridine rings is 1. The Morgan fingerprint density at radius 3 is 2.76 bits per heavy atom. The number of nitrogens with zero attached hydrogens (tertiary/aromatic N) is 1. The molecule has 0 unspecified atom stereocenters. The molecule has 7 heteroatoms. The lowest BCUT2D eigenvalue weighted by Gasteiger charge is -2.12. The first-order chi connectivity index (χ1) is 9.91. The van der Waals surface area contributed by atoms with Crippen LogP contribution in [0.25, 0.3) is 0 Å². The van der Waals surface area contributed by atoms with Gasteiger partial charge in [-0.05, 0) is 24.3 Å². The van der Waals surface area contributed by atoms with Crippen molar-refractivity contribution in [3.8, 4) is 5.75 Å². The summed E-state index contributed by atoms with van der Waals surface area (Å²) in [5.74, 6) is 0.948. The minimum absolute atomic E-state index is 0.165. The number of anilines is 1. The van der Waals surface area contributed by atoms with Gasteiger partial charge in [0.1, 0.15) is 16.5 Å². The smallest absolute Gasteiger partial charge is 0.179 e. The Bertz CT molecular complexity index is 748. The fraction of sp³-hybridized carbons (Fsp3) is 0.214. The van der Waals surface area contributed by atoms with Gasteiger partial charge >= 0.3 is 0 Å². The van der Waals surface area contributed by atoms with Crippen molar-refractivity contribution in [2.24, 2.45) is 0 Å². The largest absolute Gasteiger partial charge is 0.496 e. The van der Waals surface area contributed by atoms with Crippen molar-refractivity contribution in [3.05, 3.63) is 47.1 Å². The molecule has 5 nitrogen and oxygen atoms in total. The summed E-state index contributed by atoms with van der Waals surface area (Å²) in [6.45, 7) is 0.375. The molecule has 0 radical (unpaired) electrons. The highest BCUT2D eigenvalue weighted by Crippen LogP contribution is 2.25. The van der Waals surface area contributed by atoms with Crippen LogP contribution in [0.2, 0.25) is 5.02 Å². The number of nitrogens with one attached hydrogen (secondary N) is 1. The van der Waals surface area contributed by atoms with Crippen molar-refractivity contribution in [3.63, 3.8) is 0 Å². The second-order valence-corrected chi connectivity index (χ2v) is 6.85. The van der Waals surface area contributed by atoms with Gasteiger partial charge in [-0.15, -0.1) is 0 Å². The summed E-state index contributed by atoms with van der Waals surface area (Å²) in [6.07, 6.45) is 2.69. The van der Waals surface area contributed by atoms with Crippen LogP contribution in [0, 0.1) is 0 Å². The van der Waals surface area contributed by atoms with Crippen molar-refractivity contribution in [2.45, 2.75) is 11.4 Å². The molecule has 0 spiro atoms. The molecule has 0 aliphatic carbocycles. The Morgan fingerprint density at radius 1 is 1.33 bits per heavy atom. The molecule has 1 heterocycles. The summed E-state index contributed by atoms with van der Waals surface area (Å²) in [7, 11) is -1.78. The maximum Gasteiger partial charge on any atom is 0.179 e. The third-order valence-electron chi connectivity index (χ3n) is 2.87. The Balaban J connectivity index is 2.25. The highest BCUT2D eigenvalue weighted by atomic mass is 35.5. The average molecular weight is 327 g/mol. The molecule has 2 rings (SSSR count). The molecule has 1 N–H and O–H groups in total. The summed E-state index contributed by atoms with van der Waals surface area (Å²) in [5.41, 5.74) is 0.854. The number of halogens is 1. The minimum Gasteiger partial charge on any atom is -0.496 e. The summed E-state index contributed by atoms with van der Waals surface area (Å²) in [4.78, 5) is 4.24. The van der Waals surface area contributed by atoms with Gasteiger partial charge in [0.15, 0.2) is 9.84 Å². The van der Waals surface area contributed by atoms with Gasteiger partial charge in [0, 0.05) is 29.6 Å². The monoisotopic (exact) mass is 326 g/mol. The van der Waals surface area contributed by atoms with E-state index in [2.05, 4.69) is 10.3 Å². The van der Waals surface area contributed by atoms with E-state index in [1.54, 1.807) is 25.3 Å². The number of benzene rings is 1. The van der Waals surface area contributed by atoms with Crippen molar-refractivity contribution >= 4 is 27.3 Å². The number of sulfone groups is 1. The van der Waals surface area contributed by atoms with Crippen LogP contribution in [-0.4, -0.2) is 26.8 Å². The molecular weight excluding hydrogens is 312 g/mol. The van der Waals surface area contributed by atoms with Crippen LogP contribution >= 0.6 is 11.6 Å². The molecule has 0 fully saturated rings. The van der Waals surface area contributed by atoms with E-state index >= 15 is 0 Å². The molecule has 21 heavy (non-hydrogen) atoms. The number of hydrogen-bond acceptors (Lipinski definition) is 5. The Kier molecular flexibility index (Phi) is 4.69. The van der Waals surface area contributed by atoms with E-state index < -0.39 is 9.84 Å². The van der Waals surface area contributed by atoms with Gasteiger partial charge in [-0.3, -0.25) is 0 Å². The second-order valence-electron chi connectivity index (χ2n) is 4.43. The molecule has 1 aromatic heterocycles. The van der Waals surface area contributed by atoms with E-state index in [0.29, 0.717) is 23.1 Å². The van der Waals surface area contributed by atoms with E-state index in [1.807, 2.05) is 6.07 Å². The first-order valence-corrected chi connectivity index (χ1v) is 8.40. The predicted octanol–water partition coefficient (Wildman–Crippen LogP) is 2.76. The molecular formula is C14H15ClN2O3S. The van der Waals surface area contributed by atoms with Crippen LogP contribution in [0.1, 0.15) is 5.56 Å². The van der Waals surface area contributed by atoms with E-state index in [-0.39, 0.29) is 4.90 Å². The molecule has 2 aromatic rings. The fourth-order valence-electron chi connectivity index (χ4n) is 1.87. The molecule has 112 valence electrons. The molecule has 0 aliphatic rings. The molecule has 1 aromatic carbocycles. The van der Waals surface area contributed by atoms with Crippen molar-refractivity contribution in [1.29, 1.82) is 0 Å². The molecule has 0 atom stereocenters. The normalized spacial score (nSPS) is 11.2. The molecule has 0 amide bonds. The number of hydrogen-bond donors (Lipinski definition) is 1. The Hall–Kier alpha value is -1.79. The van der Waals surface area contributed by atoms with Crippen LogP contribution in [0.3, 0.4) is 0 Å². The average Bonchev–Trinajstić information content (AvgIpc) is 2.45. The Labute approximate surface area is 128 Å². The molecule has 0 aliphatic heterocycles. The predicted molar refractivity (Wildman–Crippen MR) is 82.7 cm³/mol. The lowest BCUT2D eigenvalue weighted by molar-refractivity contribution is 0.410. The quantitative estimate of drug-likeness (QED) is 0.915. The second kappa shape index (κ2) is 6.32. The van der Waals surface area contributed by atoms with Gasteiger partial charge in [-0.25, -0.2) is 13.4 Å². The summed E-state index contributed by atoms with van der Waals surface area (Å²) in [5, 5.41) is 3.59. The Morgan fingerprint density at radius 2 is 2.10 bits per heavy atom. The lowest BCUT2D eigenvalue weighted by atomic mass is 10.2. The van der Waals surface area contributed by atoms with E-state index in [4.69, 9.17) is 16.3 Å². The van der Waals surface area contributed by atoms with E-state index in [1.165, 1.54) is 12.3 Å². The van der Waals surface area contributed by atoms with E-state index in [0.717, 1.165) is 11.8 Å². The van der Waals surface area contributed by atoms with Gasteiger partial charge < -0.3 is 10.1 Å². The maximum atomic E-state index is 11.7. The fourth-order valence-corrected chi connectivity index (χ4v) is 2.83. The SMILES string of the molecule is COc1cc(Cl)ccc1CNc1ncccc1S(C)(=O)=O. The summed E-state index contributed by atoms with van der Waals surface area (Å²) >= 11 is 5.91. The zero-order valence-corrected chi connectivity index (χ0v) is 13.2. The van der Waals surface area contributed by atoms with Crippen LogP contribution < -0.4 is 10.1 Å². The van der Waals surface area contributed by atoms with Gasteiger partial charge in [0.25, 0.3) is 0 Å². The van der Waals surface area contributed by atoms with Crippen molar-refractivity contribution in [1.82, 2.24) is 4.98 Å². The molecule has 0 saturated carbocycles. The first-order valence-electron chi connectivity index (χ1n) is 6.13. The van der Waals surface area contributed by atoms with E-state index in [9.17, 15) is 8.42 Å². The first kappa shape index (κ1) is 15.6. The van der Waals surface area contributed by atoms with Crippen LogP contribution in [0.15, 0.2) is 41.4 Å². The minimum atomic E-state index is -3.34. The van der Waals surface area contributed by atoms with Crippen molar-refractivity contribution < 1.29 is 13.2 Å². The van der Waals surface area contributed by atoms with Gasteiger partial charge in [-0.2, -0.15) is 0 Å². The third-order valence-corrected chi connectivity index (χ3v) is 4.23. The van der Waals surface area contributed by atoms with Crippen molar-refractivity contribution in [2.75, 3.05) is 18.7 Å². The number of methoxy groups -OCH3 is 1. The van der Waals surface area contributed by atoms with Gasteiger partial charge in [0.05, 0.1) is 7.11 Å². The summed E-state index contributed by atoms with van der Waals surface area (Å²) < 4.78 is 28.7. The zero-order chi connectivity index (χ0) is 15.5. The van der Waals surface area contributed by atoms with Crippen LogP contribution in [0.5, 0.6) is 5.75 Å². The zero-order valence-electron chi connectivity index (χ0n) is 11.6. The highest BCUT2D eigenvalue weighted by molar-refractivity contribution is 7.90. The van der Waals surface area contributed by atoms with Crippen LogP contribution in [-0.2, 0) is 16.4 Å².